The second-order valence-corrected chi connectivity index (χ2v) is 5.51. The predicted octanol–water partition coefficient (Wildman–Crippen LogP) is 2.16. The molecule has 0 spiro atoms. The van der Waals surface area contributed by atoms with Crippen molar-refractivity contribution in [3.05, 3.63) is 33.9 Å². The summed E-state index contributed by atoms with van der Waals surface area (Å²) in [6.45, 7) is 1.27. The van der Waals surface area contributed by atoms with Crippen molar-refractivity contribution in [3.8, 4) is 5.75 Å². The number of likely N-dealkylation sites (tertiary alicyclic amines) is 1. The molecule has 24 heavy (non-hydrogen) atoms. The van der Waals surface area contributed by atoms with E-state index in [1.165, 1.54) is 12.1 Å². The molecule has 2 rings (SSSR count). The fourth-order valence-corrected chi connectivity index (χ4v) is 2.59. The van der Waals surface area contributed by atoms with Gasteiger partial charge in [-0.2, -0.15) is 0 Å². The molecular weight excluding hydrogens is 316 g/mol. The SMILES string of the molecule is COC(=O)c1cc(OCC(=O)N2CCCCCC2)ccc1[N+](=O)[O-]. The lowest BCUT2D eigenvalue weighted by Crippen LogP contribution is -2.35. The van der Waals surface area contributed by atoms with Gasteiger partial charge in [-0.1, -0.05) is 12.8 Å². The van der Waals surface area contributed by atoms with Gasteiger partial charge in [-0.25, -0.2) is 4.79 Å². The lowest BCUT2D eigenvalue weighted by molar-refractivity contribution is -0.385. The second-order valence-electron chi connectivity index (χ2n) is 5.51. The Morgan fingerprint density at radius 3 is 2.46 bits per heavy atom. The highest BCUT2D eigenvalue weighted by molar-refractivity contribution is 5.94. The van der Waals surface area contributed by atoms with Crippen LogP contribution in [0.25, 0.3) is 0 Å². The number of methoxy groups -OCH3 is 1. The van der Waals surface area contributed by atoms with Crippen LogP contribution in [-0.4, -0.2) is 48.5 Å². The van der Waals surface area contributed by atoms with Crippen LogP contribution in [0.4, 0.5) is 5.69 Å². The maximum atomic E-state index is 12.2. The van der Waals surface area contributed by atoms with Crippen molar-refractivity contribution in [2.45, 2.75) is 25.7 Å². The lowest BCUT2D eigenvalue weighted by atomic mass is 10.1. The van der Waals surface area contributed by atoms with Gasteiger partial charge in [-0.3, -0.25) is 14.9 Å². The zero-order valence-electron chi connectivity index (χ0n) is 13.5. The Balaban J connectivity index is 2.05. The molecule has 130 valence electrons. The molecule has 1 heterocycles. The lowest BCUT2D eigenvalue weighted by Gasteiger charge is -2.20. The van der Waals surface area contributed by atoms with E-state index < -0.39 is 10.9 Å². The Kier molecular flexibility index (Phi) is 6.11. The van der Waals surface area contributed by atoms with Crippen molar-refractivity contribution in [1.29, 1.82) is 0 Å². The number of nitro groups is 1. The number of rotatable bonds is 5. The standard InChI is InChI=1S/C16H20N2O6/c1-23-16(20)13-10-12(6-7-14(13)18(21)22)24-11-15(19)17-8-4-2-3-5-9-17/h6-7,10H,2-5,8-9,11H2,1H3. The second kappa shape index (κ2) is 8.28. The van der Waals surface area contributed by atoms with E-state index in [9.17, 15) is 19.7 Å². The van der Waals surface area contributed by atoms with Crippen LogP contribution in [0, 0.1) is 10.1 Å². The molecule has 1 amide bonds. The van der Waals surface area contributed by atoms with E-state index in [2.05, 4.69) is 4.74 Å². The van der Waals surface area contributed by atoms with E-state index in [1.807, 2.05) is 0 Å². The minimum absolute atomic E-state index is 0.130. The highest BCUT2D eigenvalue weighted by Gasteiger charge is 2.22. The number of carbonyl (C=O) groups excluding carboxylic acids is 2. The predicted molar refractivity (Wildman–Crippen MR) is 85.0 cm³/mol. The smallest absolute Gasteiger partial charge is 0.345 e. The summed E-state index contributed by atoms with van der Waals surface area (Å²) in [5.74, 6) is -0.745. The molecule has 1 aliphatic rings. The zero-order chi connectivity index (χ0) is 17.5. The van der Waals surface area contributed by atoms with E-state index in [1.54, 1.807) is 4.90 Å². The van der Waals surface area contributed by atoms with Crippen LogP contribution in [0.5, 0.6) is 5.75 Å². The molecule has 0 atom stereocenters. The normalized spacial score (nSPS) is 14.6. The Morgan fingerprint density at radius 2 is 1.88 bits per heavy atom. The monoisotopic (exact) mass is 336 g/mol. The molecule has 0 unspecified atom stereocenters. The molecular formula is C16H20N2O6. The number of carbonyl (C=O) groups is 2. The quantitative estimate of drug-likeness (QED) is 0.464. The van der Waals surface area contributed by atoms with Crippen molar-refractivity contribution >= 4 is 17.6 Å². The van der Waals surface area contributed by atoms with Gasteiger partial charge in [-0.15, -0.1) is 0 Å². The number of nitrogens with zero attached hydrogens (tertiary/aromatic N) is 2. The molecule has 0 N–H and O–H groups in total. The van der Waals surface area contributed by atoms with Crippen molar-refractivity contribution in [3.63, 3.8) is 0 Å². The van der Waals surface area contributed by atoms with Gasteiger partial charge < -0.3 is 14.4 Å². The summed E-state index contributed by atoms with van der Waals surface area (Å²) >= 11 is 0. The van der Waals surface area contributed by atoms with Gasteiger partial charge in [0.2, 0.25) is 0 Å². The van der Waals surface area contributed by atoms with Crippen molar-refractivity contribution in [2.24, 2.45) is 0 Å². The molecule has 0 bridgehead atoms. The van der Waals surface area contributed by atoms with Crippen LogP contribution in [0.1, 0.15) is 36.0 Å². The van der Waals surface area contributed by atoms with Crippen molar-refractivity contribution in [1.82, 2.24) is 4.90 Å². The number of amides is 1. The van der Waals surface area contributed by atoms with Crippen LogP contribution in [0.2, 0.25) is 0 Å². The molecule has 0 aromatic heterocycles. The first-order valence-electron chi connectivity index (χ1n) is 7.80. The van der Waals surface area contributed by atoms with E-state index in [0.29, 0.717) is 0 Å². The summed E-state index contributed by atoms with van der Waals surface area (Å²) in [7, 11) is 1.14. The Bertz CT molecular complexity index is 623. The minimum Gasteiger partial charge on any atom is -0.484 e. The van der Waals surface area contributed by atoms with Gasteiger partial charge >= 0.3 is 5.97 Å². The summed E-state index contributed by atoms with van der Waals surface area (Å²) in [6.07, 6.45) is 4.20. The molecule has 8 nitrogen and oxygen atoms in total. The highest BCUT2D eigenvalue weighted by atomic mass is 16.6. The van der Waals surface area contributed by atoms with E-state index in [4.69, 9.17) is 4.74 Å². The van der Waals surface area contributed by atoms with Crippen LogP contribution in [0.15, 0.2) is 18.2 Å². The molecule has 1 saturated heterocycles. The zero-order valence-corrected chi connectivity index (χ0v) is 13.5. The third-order valence-electron chi connectivity index (χ3n) is 3.89. The fourth-order valence-electron chi connectivity index (χ4n) is 2.59. The Hall–Kier alpha value is -2.64. The summed E-state index contributed by atoms with van der Waals surface area (Å²) in [5.41, 5.74) is -0.574. The number of hydrogen-bond acceptors (Lipinski definition) is 6. The first-order valence-corrected chi connectivity index (χ1v) is 7.80. The Labute approximate surface area is 139 Å². The van der Waals surface area contributed by atoms with E-state index in [0.717, 1.165) is 51.9 Å². The molecule has 1 fully saturated rings. The highest BCUT2D eigenvalue weighted by Crippen LogP contribution is 2.25. The molecule has 0 aliphatic carbocycles. The average molecular weight is 336 g/mol. The van der Waals surface area contributed by atoms with Gasteiger partial charge in [0.25, 0.3) is 11.6 Å². The van der Waals surface area contributed by atoms with E-state index >= 15 is 0 Å². The summed E-state index contributed by atoms with van der Waals surface area (Å²) in [5, 5.41) is 11.0. The van der Waals surface area contributed by atoms with Gasteiger partial charge in [0.15, 0.2) is 6.61 Å². The molecule has 0 saturated carbocycles. The largest absolute Gasteiger partial charge is 0.484 e. The van der Waals surface area contributed by atoms with Crippen LogP contribution in [0.3, 0.4) is 0 Å². The van der Waals surface area contributed by atoms with Gasteiger partial charge in [-0.05, 0) is 18.9 Å². The Morgan fingerprint density at radius 1 is 1.21 bits per heavy atom. The fraction of sp³-hybridized carbons (Fsp3) is 0.500. The molecule has 1 aromatic carbocycles. The van der Waals surface area contributed by atoms with Crippen molar-refractivity contribution < 1.29 is 24.0 Å². The summed E-state index contributed by atoms with van der Waals surface area (Å²) in [4.78, 5) is 35.9. The topological polar surface area (TPSA) is 99.0 Å². The number of nitro benzene ring substituents is 1. The summed E-state index contributed by atoms with van der Waals surface area (Å²) < 4.78 is 9.95. The molecule has 1 aromatic rings. The summed E-state index contributed by atoms with van der Waals surface area (Å²) in [6, 6.07) is 3.75. The minimum atomic E-state index is -0.828. The average Bonchev–Trinajstić information content (AvgIpc) is 2.88. The molecule has 0 radical (unpaired) electrons. The van der Waals surface area contributed by atoms with Gasteiger partial charge in [0, 0.05) is 25.2 Å². The number of benzene rings is 1. The number of esters is 1. The number of ether oxygens (including phenoxy) is 2. The third-order valence-corrected chi connectivity index (χ3v) is 3.89. The van der Waals surface area contributed by atoms with Crippen LogP contribution < -0.4 is 4.74 Å². The molecule has 8 heteroatoms. The number of hydrogen-bond donors (Lipinski definition) is 0. The first kappa shape index (κ1) is 17.7. The third kappa shape index (κ3) is 4.43. The first-order chi connectivity index (χ1) is 11.5. The maximum Gasteiger partial charge on any atom is 0.345 e. The van der Waals surface area contributed by atoms with Gasteiger partial charge in [0.1, 0.15) is 11.3 Å². The van der Waals surface area contributed by atoms with Crippen molar-refractivity contribution in [2.75, 3.05) is 26.8 Å². The van der Waals surface area contributed by atoms with Gasteiger partial charge in [0.05, 0.1) is 12.0 Å². The van der Waals surface area contributed by atoms with E-state index in [-0.39, 0.29) is 29.5 Å². The maximum absolute atomic E-state index is 12.2. The van der Waals surface area contributed by atoms with Crippen LogP contribution in [-0.2, 0) is 9.53 Å². The van der Waals surface area contributed by atoms with Crippen LogP contribution >= 0.6 is 0 Å². The molecule has 1 aliphatic heterocycles.